The fraction of sp³-hybridized carbons (Fsp3) is 1.00. The molecule has 4 radical (unpaired) electrons. The van der Waals surface area contributed by atoms with Crippen molar-refractivity contribution < 1.29 is 32.9 Å². The Labute approximate surface area is 165 Å². The molecule has 2 heterocycles. The van der Waals surface area contributed by atoms with Crippen LogP contribution in [0.3, 0.4) is 0 Å². The highest BCUT2D eigenvalue weighted by atomic mass is 31.2. The van der Waals surface area contributed by atoms with Crippen molar-refractivity contribution in [2.45, 2.75) is 102 Å². The van der Waals surface area contributed by atoms with Crippen LogP contribution in [0.25, 0.3) is 0 Å². The SMILES string of the molecule is [B]C1CC(OC(C)C)C(COP(=O)(O)C(C)(C)OC2CC([B])OC2CC)O1. The quantitative estimate of drug-likeness (QED) is 0.469. The Morgan fingerprint density at radius 3 is 2.26 bits per heavy atom. The van der Waals surface area contributed by atoms with E-state index in [0.717, 1.165) is 0 Å². The molecule has 1 N–H and O–H groups in total. The fourth-order valence-electron chi connectivity index (χ4n) is 3.39. The lowest BCUT2D eigenvalue weighted by molar-refractivity contribution is -0.0787. The summed E-state index contributed by atoms with van der Waals surface area (Å²) in [4.78, 5) is 10.5. The molecule has 0 aromatic rings. The van der Waals surface area contributed by atoms with Crippen LogP contribution >= 0.6 is 7.60 Å². The van der Waals surface area contributed by atoms with Crippen molar-refractivity contribution in [1.82, 2.24) is 0 Å². The normalized spacial score (nSPS) is 37.0. The average molecular weight is 400 g/mol. The molecule has 7 unspecified atom stereocenters. The lowest BCUT2D eigenvalue weighted by atomic mass is 9.95. The van der Waals surface area contributed by atoms with Gasteiger partial charge in [0.15, 0.2) is 5.34 Å². The van der Waals surface area contributed by atoms with E-state index >= 15 is 0 Å². The first kappa shape index (κ1) is 23.4. The van der Waals surface area contributed by atoms with Gasteiger partial charge >= 0.3 is 7.60 Å². The zero-order chi connectivity index (χ0) is 20.4. The maximum absolute atomic E-state index is 12.9. The van der Waals surface area contributed by atoms with E-state index in [9.17, 15) is 9.46 Å². The van der Waals surface area contributed by atoms with E-state index in [-0.39, 0.29) is 31.0 Å². The molecule has 2 aliphatic heterocycles. The van der Waals surface area contributed by atoms with Gasteiger partial charge in [0.2, 0.25) is 0 Å². The van der Waals surface area contributed by atoms with Crippen molar-refractivity contribution in [3.05, 3.63) is 0 Å². The van der Waals surface area contributed by atoms with Crippen LogP contribution in [0.15, 0.2) is 0 Å². The second-order valence-electron chi connectivity index (χ2n) is 7.95. The van der Waals surface area contributed by atoms with E-state index in [1.807, 2.05) is 20.8 Å². The van der Waals surface area contributed by atoms with Gasteiger partial charge in [-0.3, -0.25) is 4.57 Å². The third-order valence-corrected chi connectivity index (χ3v) is 6.81. The van der Waals surface area contributed by atoms with E-state index in [0.29, 0.717) is 19.3 Å². The first-order chi connectivity index (χ1) is 12.4. The standard InChI is InChI=1S/C17H31B2O7P/c1-6-11-13(8-16(19)24-11)26-17(4,5)27(20,21)22-9-14-12(23-10(2)3)7-15(18)25-14/h10-16H,6-9H2,1-5H3,(H,20,21). The third-order valence-electron chi connectivity index (χ3n) is 4.84. The second kappa shape index (κ2) is 9.29. The summed E-state index contributed by atoms with van der Waals surface area (Å²) in [6.45, 7) is 8.74. The lowest BCUT2D eigenvalue weighted by Gasteiger charge is -2.34. The van der Waals surface area contributed by atoms with E-state index < -0.39 is 31.0 Å². The molecular formula is C17H31B2O7P. The van der Waals surface area contributed by atoms with E-state index in [1.54, 1.807) is 0 Å². The minimum absolute atomic E-state index is 0.00958. The maximum atomic E-state index is 12.9. The van der Waals surface area contributed by atoms with Crippen LogP contribution in [0.1, 0.15) is 53.9 Å². The Hall–Kier alpha value is 0.120. The minimum Gasteiger partial charge on any atom is -0.382 e. The highest BCUT2D eigenvalue weighted by molar-refractivity contribution is 7.54. The van der Waals surface area contributed by atoms with Gasteiger partial charge in [0.05, 0.1) is 31.0 Å². The van der Waals surface area contributed by atoms with Gasteiger partial charge < -0.3 is 28.4 Å². The Kier molecular flexibility index (Phi) is 8.05. The zero-order valence-corrected chi connectivity index (χ0v) is 17.8. The highest BCUT2D eigenvalue weighted by Gasteiger charge is 2.47. The summed E-state index contributed by atoms with van der Waals surface area (Å²) < 4.78 is 41.1. The summed E-state index contributed by atoms with van der Waals surface area (Å²) in [6.07, 6.45) is 0.304. The number of hydrogen-bond acceptors (Lipinski definition) is 6. The minimum atomic E-state index is -4.13. The van der Waals surface area contributed by atoms with E-state index in [2.05, 4.69) is 0 Å². The monoisotopic (exact) mass is 400 g/mol. The molecule has 0 spiro atoms. The zero-order valence-electron chi connectivity index (χ0n) is 16.9. The molecule has 7 nitrogen and oxygen atoms in total. The van der Waals surface area contributed by atoms with Crippen molar-refractivity contribution in [3.8, 4) is 0 Å². The first-order valence-corrected chi connectivity index (χ1v) is 11.2. The van der Waals surface area contributed by atoms with Crippen molar-refractivity contribution in [2.75, 3.05) is 6.61 Å². The van der Waals surface area contributed by atoms with Crippen LogP contribution in [-0.2, 0) is 28.0 Å². The summed E-state index contributed by atoms with van der Waals surface area (Å²) in [5.41, 5.74) is 0. The van der Waals surface area contributed by atoms with Crippen molar-refractivity contribution >= 4 is 23.3 Å². The Bertz CT molecular complexity index is 533. The highest BCUT2D eigenvalue weighted by Crippen LogP contribution is 2.57. The van der Waals surface area contributed by atoms with Crippen molar-refractivity contribution in [3.63, 3.8) is 0 Å². The Balaban J connectivity index is 1.96. The number of hydrogen-bond donors (Lipinski definition) is 1. The smallest absolute Gasteiger partial charge is 0.359 e. The molecule has 0 amide bonds. The molecule has 2 rings (SSSR count). The molecular weight excluding hydrogens is 369 g/mol. The maximum Gasteiger partial charge on any atom is 0.359 e. The van der Waals surface area contributed by atoms with Crippen LogP contribution in [0.4, 0.5) is 0 Å². The fourth-order valence-corrected chi connectivity index (χ4v) is 4.31. The van der Waals surface area contributed by atoms with Crippen LogP contribution in [0.2, 0.25) is 0 Å². The molecule has 0 saturated carbocycles. The molecule has 2 aliphatic rings. The van der Waals surface area contributed by atoms with E-state index in [4.69, 9.17) is 39.2 Å². The number of ether oxygens (including phenoxy) is 4. The van der Waals surface area contributed by atoms with Gasteiger partial charge in [-0.2, -0.15) is 0 Å². The Morgan fingerprint density at radius 1 is 1.15 bits per heavy atom. The summed E-state index contributed by atoms with van der Waals surface area (Å²) in [6, 6.07) is -0.913. The lowest BCUT2D eigenvalue weighted by Crippen LogP contribution is -2.37. The predicted octanol–water partition coefficient (Wildman–Crippen LogP) is 2.08. The molecule has 7 atom stereocenters. The molecule has 0 aromatic carbocycles. The molecule has 27 heavy (non-hydrogen) atoms. The first-order valence-electron chi connectivity index (χ1n) is 9.58. The molecule has 0 bridgehead atoms. The molecule has 2 fully saturated rings. The van der Waals surface area contributed by atoms with Crippen LogP contribution in [0.5, 0.6) is 0 Å². The van der Waals surface area contributed by atoms with Gasteiger partial charge in [0.25, 0.3) is 0 Å². The Morgan fingerprint density at radius 2 is 1.70 bits per heavy atom. The molecule has 10 heteroatoms. The van der Waals surface area contributed by atoms with Crippen LogP contribution in [0, 0.1) is 0 Å². The van der Waals surface area contributed by atoms with Gasteiger partial charge in [0.1, 0.15) is 21.8 Å². The van der Waals surface area contributed by atoms with Crippen LogP contribution < -0.4 is 0 Å². The van der Waals surface area contributed by atoms with Gasteiger partial charge in [-0.15, -0.1) is 0 Å². The largest absolute Gasteiger partial charge is 0.382 e. The predicted molar refractivity (Wildman–Crippen MR) is 103 cm³/mol. The summed E-state index contributed by atoms with van der Waals surface area (Å²) in [7, 11) is 7.52. The average Bonchev–Trinajstić information content (AvgIpc) is 3.06. The molecule has 2 saturated heterocycles. The summed E-state index contributed by atoms with van der Waals surface area (Å²) >= 11 is 0. The summed E-state index contributed by atoms with van der Waals surface area (Å²) in [5.74, 6) is 0. The topological polar surface area (TPSA) is 83.5 Å². The number of rotatable bonds is 9. The van der Waals surface area contributed by atoms with Crippen molar-refractivity contribution in [2.24, 2.45) is 0 Å². The molecule has 0 aromatic heterocycles. The molecule has 0 aliphatic carbocycles. The van der Waals surface area contributed by atoms with Crippen molar-refractivity contribution in [1.29, 1.82) is 0 Å². The second-order valence-corrected chi connectivity index (χ2v) is 10.3. The third kappa shape index (κ3) is 6.05. The summed E-state index contributed by atoms with van der Waals surface area (Å²) in [5, 5.41) is -1.42. The van der Waals surface area contributed by atoms with Gasteiger partial charge in [0, 0.05) is 12.0 Å². The van der Waals surface area contributed by atoms with Gasteiger partial charge in [-0.05, 0) is 47.0 Å². The van der Waals surface area contributed by atoms with Gasteiger partial charge in [-0.25, -0.2) is 0 Å². The van der Waals surface area contributed by atoms with E-state index in [1.165, 1.54) is 13.8 Å². The van der Waals surface area contributed by atoms with Crippen LogP contribution in [-0.4, -0.2) is 75.1 Å². The molecule has 152 valence electrons. The van der Waals surface area contributed by atoms with Gasteiger partial charge in [-0.1, -0.05) is 6.92 Å².